The number of nitrogens with zero attached hydrogens (tertiary/aromatic N) is 3. The molecule has 3 rings (SSSR count). The molecule has 6 nitrogen and oxygen atoms in total. The molecule has 1 aromatic heterocycles. The van der Waals surface area contributed by atoms with E-state index in [0.29, 0.717) is 11.4 Å². The summed E-state index contributed by atoms with van der Waals surface area (Å²) in [5.74, 6) is -0.697. The van der Waals surface area contributed by atoms with Gasteiger partial charge in [-0.3, -0.25) is 9.59 Å². The lowest BCUT2D eigenvalue weighted by atomic mass is 10.1. The van der Waals surface area contributed by atoms with Crippen molar-refractivity contribution in [3.63, 3.8) is 0 Å². The number of anilines is 1. The van der Waals surface area contributed by atoms with Gasteiger partial charge >= 0.3 is 0 Å². The monoisotopic (exact) mass is 374 g/mol. The van der Waals surface area contributed by atoms with E-state index in [1.807, 2.05) is 62.6 Å². The highest BCUT2D eigenvalue weighted by Gasteiger charge is 2.25. The van der Waals surface area contributed by atoms with E-state index in [1.54, 1.807) is 34.8 Å². The van der Waals surface area contributed by atoms with Crippen molar-refractivity contribution in [3.8, 4) is 5.69 Å². The number of hydrogen-bond donors (Lipinski definition) is 1. The molecule has 0 fully saturated rings. The Balaban J connectivity index is 2.06. The zero-order valence-corrected chi connectivity index (χ0v) is 16.1. The Labute approximate surface area is 164 Å². The number of rotatable bonds is 6. The number of ketones is 1. The third kappa shape index (κ3) is 4.17. The highest BCUT2D eigenvalue weighted by Crippen LogP contribution is 2.21. The second kappa shape index (κ2) is 8.35. The van der Waals surface area contributed by atoms with Gasteiger partial charge in [-0.25, -0.2) is 4.68 Å². The number of benzene rings is 2. The molecule has 0 radical (unpaired) electrons. The third-order valence-electron chi connectivity index (χ3n) is 4.13. The zero-order valence-electron chi connectivity index (χ0n) is 16.1. The maximum atomic E-state index is 12.9. The first-order valence-corrected chi connectivity index (χ1v) is 8.88. The van der Waals surface area contributed by atoms with Gasteiger partial charge in [-0.2, -0.15) is 5.10 Å². The average Bonchev–Trinajstić information content (AvgIpc) is 3.05. The molecule has 0 bridgehead atoms. The smallest absolute Gasteiger partial charge is 0.276 e. The number of aromatic nitrogens is 2. The Kier molecular flexibility index (Phi) is 5.69. The van der Waals surface area contributed by atoms with Gasteiger partial charge in [-0.1, -0.05) is 36.4 Å². The maximum Gasteiger partial charge on any atom is 0.276 e. The molecule has 0 aliphatic heterocycles. The molecule has 0 saturated carbocycles. The van der Waals surface area contributed by atoms with Crippen molar-refractivity contribution in [1.82, 2.24) is 14.7 Å². The molecule has 142 valence electrons. The largest absolute Gasteiger partial charge is 0.383 e. The van der Waals surface area contributed by atoms with Gasteiger partial charge in [0, 0.05) is 32.1 Å². The van der Waals surface area contributed by atoms with E-state index in [4.69, 9.17) is 0 Å². The highest BCUT2D eigenvalue weighted by molar-refractivity contribution is 6.15. The highest BCUT2D eigenvalue weighted by atomic mass is 16.2. The number of para-hydroxylation sites is 2. The van der Waals surface area contributed by atoms with Crippen LogP contribution in [0.5, 0.6) is 0 Å². The molecule has 1 heterocycles. The normalized spacial score (nSPS) is 10.8. The van der Waals surface area contributed by atoms with E-state index in [-0.39, 0.29) is 17.0 Å². The first-order chi connectivity index (χ1) is 13.5. The summed E-state index contributed by atoms with van der Waals surface area (Å²) in [6.07, 6.45) is 3.10. The van der Waals surface area contributed by atoms with Crippen LogP contribution in [0.1, 0.15) is 26.5 Å². The Morgan fingerprint density at radius 1 is 1.00 bits per heavy atom. The fraction of sp³-hybridized carbons (Fsp3) is 0.136. The molecule has 3 aromatic rings. The summed E-state index contributed by atoms with van der Waals surface area (Å²) in [7, 11) is 3.65. The van der Waals surface area contributed by atoms with E-state index in [2.05, 4.69) is 10.4 Å². The summed E-state index contributed by atoms with van der Waals surface area (Å²) in [6, 6.07) is 18.5. The van der Waals surface area contributed by atoms with Crippen molar-refractivity contribution in [3.05, 3.63) is 89.9 Å². The molecule has 2 aromatic carbocycles. The molecule has 0 saturated heterocycles. The molecule has 1 amide bonds. The molecular formula is C22H22N4O2. The van der Waals surface area contributed by atoms with Crippen molar-refractivity contribution in [2.24, 2.45) is 0 Å². The van der Waals surface area contributed by atoms with Gasteiger partial charge in [0.25, 0.3) is 5.91 Å². The van der Waals surface area contributed by atoms with Gasteiger partial charge in [0.1, 0.15) is 0 Å². The number of carbonyl (C=O) groups is 2. The molecule has 0 aliphatic rings. The van der Waals surface area contributed by atoms with Gasteiger partial charge in [-0.05, 0) is 31.2 Å². The zero-order chi connectivity index (χ0) is 20.1. The van der Waals surface area contributed by atoms with Crippen LogP contribution >= 0.6 is 0 Å². The predicted octanol–water partition coefficient (Wildman–Crippen LogP) is 3.69. The van der Waals surface area contributed by atoms with Gasteiger partial charge in [0.2, 0.25) is 0 Å². The van der Waals surface area contributed by atoms with E-state index >= 15 is 0 Å². The first-order valence-electron chi connectivity index (χ1n) is 8.88. The lowest BCUT2D eigenvalue weighted by Crippen LogP contribution is -2.16. The molecule has 0 atom stereocenters. The van der Waals surface area contributed by atoms with Crippen LogP contribution in [0.25, 0.3) is 5.69 Å². The summed E-state index contributed by atoms with van der Waals surface area (Å²) in [5.41, 5.74) is 2.41. The SMILES string of the molecule is Cc1c(C(=O)/C=C/N(C)C)c(C(=O)Nc2ccccc2)nn1-c1ccccc1. The topological polar surface area (TPSA) is 67.2 Å². The van der Waals surface area contributed by atoms with E-state index in [0.717, 1.165) is 5.69 Å². The Morgan fingerprint density at radius 3 is 2.21 bits per heavy atom. The Bertz CT molecular complexity index is 1010. The molecule has 28 heavy (non-hydrogen) atoms. The lowest BCUT2D eigenvalue weighted by Gasteiger charge is -2.05. The first kappa shape index (κ1) is 19.1. The third-order valence-corrected chi connectivity index (χ3v) is 4.13. The van der Waals surface area contributed by atoms with E-state index < -0.39 is 5.91 Å². The Hall–Kier alpha value is -3.67. The molecule has 0 unspecified atom stereocenters. The van der Waals surface area contributed by atoms with Crippen LogP contribution in [-0.2, 0) is 0 Å². The summed E-state index contributed by atoms with van der Waals surface area (Å²) < 4.78 is 1.62. The van der Waals surface area contributed by atoms with Crippen LogP contribution in [0.15, 0.2) is 72.9 Å². The van der Waals surface area contributed by atoms with Gasteiger partial charge < -0.3 is 10.2 Å². The minimum atomic E-state index is -0.425. The maximum absolute atomic E-state index is 12.9. The van der Waals surface area contributed by atoms with Crippen molar-refractivity contribution in [2.75, 3.05) is 19.4 Å². The van der Waals surface area contributed by atoms with Gasteiger partial charge in [0.15, 0.2) is 11.5 Å². The molecule has 1 N–H and O–H groups in total. The minimum absolute atomic E-state index is 0.0959. The number of allylic oxidation sites excluding steroid dienone is 1. The van der Waals surface area contributed by atoms with Crippen molar-refractivity contribution in [1.29, 1.82) is 0 Å². The lowest BCUT2D eigenvalue weighted by molar-refractivity contribution is 0.0995. The fourth-order valence-corrected chi connectivity index (χ4v) is 2.79. The standard InChI is InChI=1S/C22H22N4O2/c1-16-20(19(27)14-15-25(2)3)21(22(28)23-17-10-6-4-7-11-17)24-26(16)18-12-8-5-9-13-18/h4-15H,1-3H3,(H,23,28)/b15-14+. The van der Waals surface area contributed by atoms with Gasteiger partial charge in [-0.15, -0.1) is 0 Å². The molecule has 6 heteroatoms. The van der Waals surface area contributed by atoms with Crippen molar-refractivity contribution >= 4 is 17.4 Å². The second-order valence-electron chi connectivity index (χ2n) is 6.52. The number of hydrogen-bond acceptors (Lipinski definition) is 4. The quantitative estimate of drug-likeness (QED) is 0.528. The molecule has 0 aliphatic carbocycles. The van der Waals surface area contributed by atoms with E-state index in [1.165, 1.54) is 6.08 Å². The minimum Gasteiger partial charge on any atom is -0.383 e. The van der Waals surface area contributed by atoms with Crippen LogP contribution in [0.4, 0.5) is 5.69 Å². The number of nitrogens with one attached hydrogen (secondary N) is 1. The molecule has 0 spiro atoms. The average molecular weight is 374 g/mol. The number of amides is 1. The summed E-state index contributed by atoms with van der Waals surface area (Å²) >= 11 is 0. The van der Waals surface area contributed by atoms with Crippen molar-refractivity contribution in [2.45, 2.75) is 6.92 Å². The van der Waals surface area contributed by atoms with Gasteiger partial charge in [0.05, 0.1) is 16.9 Å². The summed E-state index contributed by atoms with van der Waals surface area (Å²) in [5, 5.41) is 7.27. The number of carbonyl (C=O) groups excluding carboxylic acids is 2. The van der Waals surface area contributed by atoms with Crippen LogP contribution < -0.4 is 5.32 Å². The predicted molar refractivity (Wildman–Crippen MR) is 110 cm³/mol. The summed E-state index contributed by atoms with van der Waals surface area (Å²) in [6.45, 7) is 1.79. The van der Waals surface area contributed by atoms with Crippen LogP contribution in [0.3, 0.4) is 0 Å². The van der Waals surface area contributed by atoms with Crippen molar-refractivity contribution < 1.29 is 9.59 Å². The second-order valence-corrected chi connectivity index (χ2v) is 6.52. The summed E-state index contributed by atoms with van der Waals surface area (Å²) in [4.78, 5) is 27.5. The Morgan fingerprint density at radius 2 is 1.61 bits per heavy atom. The van der Waals surface area contributed by atoms with E-state index in [9.17, 15) is 9.59 Å². The fourth-order valence-electron chi connectivity index (χ4n) is 2.79. The van der Waals surface area contributed by atoms with Crippen LogP contribution in [0.2, 0.25) is 0 Å². The van der Waals surface area contributed by atoms with Crippen LogP contribution in [0, 0.1) is 6.92 Å². The molecular weight excluding hydrogens is 352 g/mol. The van der Waals surface area contributed by atoms with Crippen LogP contribution in [-0.4, -0.2) is 40.5 Å².